The Morgan fingerprint density at radius 1 is 1.36 bits per heavy atom. The third-order valence-electron chi connectivity index (χ3n) is 2.10. The quantitative estimate of drug-likeness (QED) is 0.743. The van der Waals surface area contributed by atoms with Gasteiger partial charge in [-0.05, 0) is 13.0 Å². The van der Waals surface area contributed by atoms with E-state index in [0.717, 1.165) is 11.1 Å². The molecule has 2 N–H and O–H groups in total. The van der Waals surface area contributed by atoms with Crippen LogP contribution >= 0.6 is 0 Å². The van der Waals surface area contributed by atoms with Crippen molar-refractivity contribution < 1.29 is 4.39 Å². The third-order valence-corrected chi connectivity index (χ3v) is 2.10. The average Bonchev–Trinajstić information content (AvgIpc) is 2.19. The number of fused-ring (bicyclic) bond motifs is 1. The summed E-state index contributed by atoms with van der Waals surface area (Å²) in [6, 6.07) is 4.83. The van der Waals surface area contributed by atoms with E-state index in [-0.39, 0.29) is 12.4 Å². The predicted octanol–water partition coefficient (Wildman–Crippen LogP) is 1.54. The Hall–Kier alpha value is -1.55. The van der Waals surface area contributed by atoms with Gasteiger partial charge in [-0.1, -0.05) is 12.1 Å². The predicted molar refractivity (Wildman–Crippen MR) is 52.1 cm³/mol. The molecule has 0 spiro atoms. The molecule has 0 saturated carbocycles. The van der Waals surface area contributed by atoms with Crippen molar-refractivity contribution in [2.24, 2.45) is 5.73 Å². The van der Waals surface area contributed by atoms with Gasteiger partial charge < -0.3 is 5.73 Å². The van der Waals surface area contributed by atoms with E-state index in [1.54, 1.807) is 12.1 Å². The fourth-order valence-corrected chi connectivity index (χ4v) is 1.42. The fraction of sp³-hybridized carbons (Fsp3) is 0.200. The Morgan fingerprint density at radius 2 is 2.14 bits per heavy atom. The number of para-hydroxylation sites is 1. The first-order valence-electron chi connectivity index (χ1n) is 4.34. The topological polar surface area (TPSA) is 51.8 Å². The number of rotatable bonds is 1. The van der Waals surface area contributed by atoms with E-state index in [1.807, 2.05) is 6.92 Å². The van der Waals surface area contributed by atoms with Crippen LogP contribution in [0.25, 0.3) is 10.9 Å². The van der Waals surface area contributed by atoms with Gasteiger partial charge >= 0.3 is 0 Å². The van der Waals surface area contributed by atoms with Crippen molar-refractivity contribution in [3.8, 4) is 0 Å². The Balaban J connectivity index is 2.83. The maximum Gasteiger partial charge on any atom is 0.149 e. The molecule has 2 aromatic rings. The number of nitrogens with two attached hydrogens (primary N) is 1. The molecule has 14 heavy (non-hydrogen) atoms. The minimum absolute atomic E-state index is 0.227. The molecule has 0 aliphatic rings. The summed E-state index contributed by atoms with van der Waals surface area (Å²) in [6.07, 6.45) is 0. The van der Waals surface area contributed by atoms with E-state index in [1.165, 1.54) is 6.07 Å². The molecule has 0 saturated heterocycles. The molecule has 0 bridgehead atoms. The summed E-state index contributed by atoms with van der Waals surface area (Å²) in [5, 5.41) is 0.738. The van der Waals surface area contributed by atoms with Crippen molar-refractivity contribution in [1.82, 2.24) is 9.97 Å². The number of aromatic nitrogens is 2. The number of hydrogen-bond acceptors (Lipinski definition) is 3. The van der Waals surface area contributed by atoms with Gasteiger partial charge in [-0.25, -0.2) is 14.4 Å². The highest BCUT2D eigenvalue weighted by Crippen LogP contribution is 2.17. The minimum atomic E-state index is -0.331. The van der Waals surface area contributed by atoms with E-state index in [2.05, 4.69) is 9.97 Å². The normalized spacial score (nSPS) is 10.8. The molecular weight excluding hydrogens is 181 g/mol. The fourth-order valence-electron chi connectivity index (χ4n) is 1.42. The summed E-state index contributed by atoms with van der Waals surface area (Å²) in [7, 11) is 0. The zero-order valence-corrected chi connectivity index (χ0v) is 7.79. The second-order valence-electron chi connectivity index (χ2n) is 3.07. The molecule has 0 amide bonds. The molecule has 2 rings (SSSR count). The lowest BCUT2D eigenvalue weighted by Crippen LogP contribution is -2.05. The summed E-state index contributed by atoms with van der Waals surface area (Å²) in [4.78, 5) is 8.20. The lowest BCUT2D eigenvalue weighted by Gasteiger charge is -2.04. The highest BCUT2D eigenvalue weighted by Gasteiger charge is 2.06. The first-order valence-corrected chi connectivity index (χ1v) is 4.34. The molecule has 1 aromatic heterocycles. The molecule has 4 heteroatoms. The van der Waals surface area contributed by atoms with Crippen molar-refractivity contribution in [2.75, 3.05) is 0 Å². The molecule has 0 fully saturated rings. The maximum atomic E-state index is 13.4. The van der Waals surface area contributed by atoms with E-state index >= 15 is 0 Å². The third kappa shape index (κ3) is 1.33. The lowest BCUT2D eigenvalue weighted by molar-refractivity contribution is 0.635. The van der Waals surface area contributed by atoms with Crippen molar-refractivity contribution in [3.63, 3.8) is 0 Å². The Bertz CT molecular complexity index is 482. The molecule has 3 nitrogen and oxygen atoms in total. The Labute approximate surface area is 80.8 Å². The van der Waals surface area contributed by atoms with Crippen molar-refractivity contribution >= 4 is 10.9 Å². The minimum Gasteiger partial charge on any atom is -0.324 e. The van der Waals surface area contributed by atoms with E-state index in [0.29, 0.717) is 11.3 Å². The van der Waals surface area contributed by atoms with Gasteiger partial charge in [0.25, 0.3) is 0 Å². The van der Waals surface area contributed by atoms with Crippen LogP contribution in [0.1, 0.15) is 11.5 Å². The standard InChI is InChI=1S/C10H10FN3/c1-6-7-3-2-4-8(11)10(7)14-9(5-12)13-6/h2-4H,5,12H2,1H3. The van der Waals surface area contributed by atoms with Gasteiger partial charge in [0.05, 0.1) is 6.54 Å². The number of hydrogen-bond donors (Lipinski definition) is 1. The molecule has 1 aromatic carbocycles. The Kier molecular flexibility index (Phi) is 2.13. The highest BCUT2D eigenvalue weighted by molar-refractivity contribution is 5.81. The molecule has 0 aliphatic heterocycles. The van der Waals surface area contributed by atoms with Crippen LogP contribution in [-0.4, -0.2) is 9.97 Å². The van der Waals surface area contributed by atoms with Gasteiger partial charge in [-0.2, -0.15) is 0 Å². The summed E-state index contributed by atoms with van der Waals surface area (Å²) in [6.45, 7) is 2.05. The van der Waals surface area contributed by atoms with Crippen LogP contribution in [0.2, 0.25) is 0 Å². The zero-order valence-electron chi connectivity index (χ0n) is 7.79. The van der Waals surface area contributed by atoms with Crippen LogP contribution in [-0.2, 0) is 6.54 Å². The van der Waals surface area contributed by atoms with Crippen molar-refractivity contribution in [3.05, 3.63) is 35.5 Å². The largest absolute Gasteiger partial charge is 0.324 e. The van der Waals surface area contributed by atoms with Crippen LogP contribution < -0.4 is 5.73 Å². The Morgan fingerprint density at radius 3 is 2.86 bits per heavy atom. The molecule has 0 atom stereocenters. The van der Waals surface area contributed by atoms with Crippen LogP contribution in [0.5, 0.6) is 0 Å². The summed E-state index contributed by atoms with van der Waals surface area (Å²) >= 11 is 0. The molecule has 0 radical (unpaired) electrons. The van der Waals surface area contributed by atoms with Crippen molar-refractivity contribution in [1.29, 1.82) is 0 Å². The van der Waals surface area contributed by atoms with Gasteiger partial charge in [0, 0.05) is 11.1 Å². The summed E-state index contributed by atoms with van der Waals surface area (Å²) in [5.41, 5.74) is 6.52. The lowest BCUT2D eigenvalue weighted by atomic mass is 10.2. The van der Waals surface area contributed by atoms with Gasteiger partial charge in [-0.15, -0.1) is 0 Å². The van der Waals surface area contributed by atoms with Crippen LogP contribution in [0.15, 0.2) is 18.2 Å². The van der Waals surface area contributed by atoms with Gasteiger partial charge in [0.1, 0.15) is 17.2 Å². The maximum absolute atomic E-state index is 13.4. The highest BCUT2D eigenvalue weighted by atomic mass is 19.1. The molecule has 72 valence electrons. The zero-order chi connectivity index (χ0) is 10.1. The second-order valence-corrected chi connectivity index (χ2v) is 3.07. The monoisotopic (exact) mass is 191 g/mol. The van der Waals surface area contributed by atoms with Gasteiger partial charge in [0.2, 0.25) is 0 Å². The van der Waals surface area contributed by atoms with E-state index in [9.17, 15) is 4.39 Å². The van der Waals surface area contributed by atoms with Gasteiger partial charge in [-0.3, -0.25) is 0 Å². The smallest absolute Gasteiger partial charge is 0.149 e. The number of halogens is 1. The number of aryl methyl sites for hydroxylation is 1. The van der Waals surface area contributed by atoms with E-state index < -0.39 is 0 Å². The first kappa shape index (κ1) is 9.02. The SMILES string of the molecule is Cc1nc(CN)nc2c(F)cccc12. The molecule has 0 aliphatic carbocycles. The summed E-state index contributed by atoms with van der Waals surface area (Å²) < 4.78 is 13.4. The van der Waals surface area contributed by atoms with Crippen LogP contribution in [0.4, 0.5) is 4.39 Å². The van der Waals surface area contributed by atoms with Crippen LogP contribution in [0, 0.1) is 12.7 Å². The summed E-state index contributed by atoms with van der Waals surface area (Å²) in [5.74, 6) is 0.141. The molecular formula is C10H10FN3. The average molecular weight is 191 g/mol. The van der Waals surface area contributed by atoms with Crippen molar-refractivity contribution in [2.45, 2.75) is 13.5 Å². The van der Waals surface area contributed by atoms with E-state index in [4.69, 9.17) is 5.73 Å². The van der Waals surface area contributed by atoms with Gasteiger partial charge in [0.15, 0.2) is 0 Å². The van der Waals surface area contributed by atoms with Crippen LogP contribution in [0.3, 0.4) is 0 Å². The molecule has 1 heterocycles. The number of nitrogens with zero attached hydrogens (tertiary/aromatic N) is 2. The number of benzene rings is 1. The molecule has 0 unspecified atom stereocenters. The first-order chi connectivity index (χ1) is 6.72. The second kappa shape index (κ2) is 3.31.